The predicted molar refractivity (Wildman–Crippen MR) is 114 cm³/mol. The Hall–Kier alpha value is -1.30. The van der Waals surface area contributed by atoms with E-state index in [-0.39, 0.29) is 24.4 Å². The van der Waals surface area contributed by atoms with E-state index in [0.29, 0.717) is 31.3 Å². The van der Waals surface area contributed by atoms with Crippen LogP contribution < -0.4 is 10.1 Å². The predicted octanol–water partition coefficient (Wildman–Crippen LogP) is 3.65. The third-order valence-corrected chi connectivity index (χ3v) is 5.94. The number of piperidine rings is 1. The Labute approximate surface area is 175 Å². The van der Waals surface area contributed by atoms with Gasteiger partial charge in [0.2, 0.25) is 5.91 Å². The fourth-order valence-corrected chi connectivity index (χ4v) is 4.22. The minimum atomic E-state index is 0. The van der Waals surface area contributed by atoms with Crippen molar-refractivity contribution in [3.05, 3.63) is 29.8 Å². The van der Waals surface area contributed by atoms with Gasteiger partial charge in [0, 0.05) is 26.1 Å². The van der Waals surface area contributed by atoms with Gasteiger partial charge in [0.05, 0.1) is 13.2 Å². The van der Waals surface area contributed by atoms with Crippen molar-refractivity contribution in [2.24, 2.45) is 11.8 Å². The van der Waals surface area contributed by atoms with Crippen LogP contribution in [0.5, 0.6) is 5.75 Å². The topological polar surface area (TPSA) is 50.8 Å². The van der Waals surface area contributed by atoms with Gasteiger partial charge in [0.25, 0.3) is 0 Å². The quantitative estimate of drug-likeness (QED) is 0.710. The molecule has 3 atom stereocenters. The lowest BCUT2D eigenvalue weighted by Gasteiger charge is -2.31. The number of nitrogens with one attached hydrogen (secondary N) is 1. The number of hydrogen-bond donors (Lipinski definition) is 1. The molecule has 2 heterocycles. The highest BCUT2D eigenvalue weighted by molar-refractivity contribution is 5.85. The van der Waals surface area contributed by atoms with Crippen molar-refractivity contribution in [3.63, 3.8) is 0 Å². The van der Waals surface area contributed by atoms with Crippen molar-refractivity contribution in [2.45, 2.75) is 51.7 Å². The number of carbonyl (C=O) groups excluding carboxylic acids is 1. The number of nitrogens with zero attached hydrogens (tertiary/aromatic N) is 1. The molecule has 1 aromatic rings. The summed E-state index contributed by atoms with van der Waals surface area (Å²) in [6.45, 7) is 6.49. The summed E-state index contributed by atoms with van der Waals surface area (Å²) in [5.41, 5.74) is 1.10. The first-order valence-corrected chi connectivity index (χ1v) is 10.4. The fourth-order valence-electron chi connectivity index (χ4n) is 4.22. The molecular formula is C22H35ClN2O3. The third kappa shape index (κ3) is 6.64. The standard InChI is InChI=1S/C22H34N2O3.ClH/c1-17(19-7-4-10-23-14-19)12-22(25)24(16-21-9-5-11-27-21)15-18-6-3-8-20(13-18)26-2;/h3,6,8,13,17,19,21,23H,4-5,7,9-12,14-16H2,1-2H3;1H. The van der Waals surface area contributed by atoms with Crippen molar-refractivity contribution < 1.29 is 14.3 Å². The van der Waals surface area contributed by atoms with Crippen LogP contribution in [0.25, 0.3) is 0 Å². The molecule has 0 saturated carbocycles. The van der Waals surface area contributed by atoms with Gasteiger partial charge in [0.15, 0.2) is 0 Å². The second-order valence-corrected chi connectivity index (χ2v) is 8.05. The minimum Gasteiger partial charge on any atom is -0.497 e. The molecule has 3 rings (SSSR count). The van der Waals surface area contributed by atoms with E-state index in [0.717, 1.165) is 43.9 Å². The molecule has 3 unspecified atom stereocenters. The number of methoxy groups -OCH3 is 1. The normalized spacial score (nSPS) is 22.9. The van der Waals surface area contributed by atoms with E-state index in [1.807, 2.05) is 23.1 Å². The van der Waals surface area contributed by atoms with Gasteiger partial charge < -0.3 is 19.7 Å². The molecule has 1 aromatic carbocycles. The lowest BCUT2D eigenvalue weighted by atomic mass is 9.85. The van der Waals surface area contributed by atoms with Crippen molar-refractivity contribution >= 4 is 18.3 Å². The highest BCUT2D eigenvalue weighted by Gasteiger charge is 2.27. The van der Waals surface area contributed by atoms with E-state index < -0.39 is 0 Å². The molecule has 0 spiro atoms. The van der Waals surface area contributed by atoms with E-state index >= 15 is 0 Å². The summed E-state index contributed by atoms with van der Waals surface area (Å²) in [6, 6.07) is 8.00. The van der Waals surface area contributed by atoms with Crippen molar-refractivity contribution in [3.8, 4) is 5.75 Å². The first-order chi connectivity index (χ1) is 13.2. The molecular weight excluding hydrogens is 376 g/mol. The van der Waals surface area contributed by atoms with Gasteiger partial charge >= 0.3 is 0 Å². The zero-order chi connectivity index (χ0) is 19.1. The molecule has 2 aliphatic heterocycles. The second kappa shape index (κ2) is 11.6. The van der Waals surface area contributed by atoms with Crippen molar-refractivity contribution in [2.75, 3.05) is 33.4 Å². The van der Waals surface area contributed by atoms with E-state index in [4.69, 9.17) is 9.47 Å². The van der Waals surface area contributed by atoms with Gasteiger partial charge in [-0.2, -0.15) is 0 Å². The molecule has 2 saturated heterocycles. The maximum absolute atomic E-state index is 13.2. The number of ether oxygens (including phenoxy) is 2. The number of benzene rings is 1. The zero-order valence-electron chi connectivity index (χ0n) is 17.2. The highest BCUT2D eigenvalue weighted by Crippen LogP contribution is 2.25. The maximum Gasteiger partial charge on any atom is 0.223 e. The Kier molecular flexibility index (Phi) is 9.56. The van der Waals surface area contributed by atoms with Gasteiger partial charge in [-0.3, -0.25) is 4.79 Å². The molecule has 158 valence electrons. The number of hydrogen-bond acceptors (Lipinski definition) is 4. The minimum absolute atomic E-state index is 0. The van der Waals surface area contributed by atoms with Crippen LogP contribution in [-0.4, -0.2) is 50.3 Å². The van der Waals surface area contributed by atoms with Gasteiger partial charge in [-0.15, -0.1) is 12.4 Å². The molecule has 1 amide bonds. The van der Waals surface area contributed by atoms with Gasteiger partial charge in [0.1, 0.15) is 5.75 Å². The van der Waals surface area contributed by atoms with Crippen molar-refractivity contribution in [1.82, 2.24) is 10.2 Å². The summed E-state index contributed by atoms with van der Waals surface area (Å²) in [7, 11) is 1.67. The largest absolute Gasteiger partial charge is 0.497 e. The van der Waals surface area contributed by atoms with Crippen LogP contribution in [0.15, 0.2) is 24.3 Å². The molecule has 2 fully saturated rings. The van der Waals surface area contributed by atoms with Crippen LogP contribution in [-0.2, 0) is 16.1 Å². The summed E-state index contributed by atoms with van der Waals surface area (Å²) in [5, 5.41) is 3.47. The van der Waals surface area contributed by atoms with E-state index in [1.54, 1.807) is 7.11 Å². The first kappa shape index (κ1) is 23.0. The molecule has 1 N–H and O–H groups in total. The molecule has 28 heavy (non-hydrogen) atoms. The van der Waals surface area contributed by atoms with Crippen LogP contribution in [0.4, 0.5) is 0 Å². The average Bonchev–Trinajstić information content (AvgIpc) is 3.21. The molecule has 0 aliphatic carbocycles. The van der Waals surface area contributed by atoms with Crippen LogP contribution in [0.2, 0.25) is 0 Å². The van der Waals surface area contributed by atoms with Crippen molar-refractivity contribution in [1.29, 1.82) is 0 Å². The monoisotopic (exact) mass is 410 g/mol. The van der Waals surface area contributed by atoms with Crippen LogP contribution in [0.3, 0.4) is 0 Å². The molecule has 5 nitrogen and oxygen atoms in total. The first-order valence-electron chi connectivity index (χ1n) is 10.4. The highest BCUT2D eigenvalue weighted by atomic mass is 35.5. The Morgan fingerprint density at radius 3 is 2.89 bits per heavy atom. The average molecular weight is 411 g/mol. The van der Waals surface area contributed by atoms with Gasteiger partial charge in [-0.1, -0.05) is 19.1 Å². The Balaban J connectivity index is 0.00000280. The second-order valence-electron chi connectivity index (χ2n) is 8.05. The molecule has 2 aliphatic rings. The Morgan fingerprint density at radius 1 is 1.36 bits per heavy atom. The fraction of sp³-hybridized carbons (Fsp3) is 0.682. The van der Waals surface area contributed by atoms with Gasteiger partial charge in [-0.05, 0) is 68.3 Å². The van der Waals surface area contributed by atoms with E-state index in [1.165, 1.54) is 12.8 Å². The number of halogens is 1. The number of carbonyl (C=O) groups is 1. The smallest absolute Gasteiger partial charge is 0.223 e. The Bertz CT molecular complexity index is 601. The van der Waals surface area contributed by atoms with Crippen LogP contribution in [0, 0.1) is 11.8 Å². The molecule has 0 bridgehead atoms. The molecule has 6 heteroatoms. The van der Waals surface area contributed by atoms with Crippen LogP contribution in [0.1, 0.15) is 44.6 Å². The Morgan fingerprint density at radius 2 is 2.21 bits per heavy atom. The number of rotatable bonds is 8. The summed E-state index contributed by atoms with van der Waals surface area (Å²) in [6.07, 6.45) is 5.37. The number of amides is 1. The SMILES string of the molecule is COc1cccc(CN(CC2CCCO2)C(=O)CC(C)C2CCCNC2)c1.Cl. The molecule has 0 radical (unpaired) electrons. The van der Waals surface area contributed by atoms with Crippen LogP contribution >= 0.6 is 12.4 Å². The zero-order valence-corrected chi connectivity index (χ0v) is 18.0. The van der Waals surface area contributed by atoms with E-state index in [9.17, 15) is 4.79 Å². The maximum atomic E-state index is 13.2. The summed E-state index contributed by atoms with van der Waals surface area (Å²) in [4.78, 5) is 15.2. The van der Waals surface area contributed by atoms with E-state index in [2.05, 4.69) is 18.3 Å². The lowest BCUT2D eigenvalue weighted by Crippen LogP contribution is -2.39. The van der Waals surface area contributed by atoms with Gasteiger partial charge in [-0.25, -0.2) is 0 Å². The lowest BCUT2D eigenvalue weighted by molar-refractivity contribution is -0.134. The third-order valence-electron chi connectivity index (χ3n) is 5.94. The summed E-state index contributed by atoms with van der Waals surface area (Å²) < 4.78 is 11.1. The summed E-state index contributed by atoms with van der Waals surface area (Å²) >= 11 is 0. The summed E-state index contributed by atoms with van der Waals surface area (Å²) in [5.74, 6) is 2.08. The molecule has 0 aromatic heterocycles.